The van der Waals surface area contributed by atoms with Crippen LogP contribution in [0.25, 0.3) is 52.5 Å². The molecule has 0 fully saturated rings. The molecule has 0 radical (unpaired) electrons. The molecule has 1 heterocycles. The molecule has 0 amide bonds. The number of rotatable bonds is 0. The van der Waals surface area contributed by atoms with Gasteiger partial charge in [0.25, 0.3) is 0 Å². The van der Waals surface area contributed by atoms with Crippen molar-refractivity contribution in [2.45, 2.75) is 0 Å². The van der Waals surface area contributed by atoms with Gasteiger partial charge in [0.05, 0.1) is 0 Å². The van der Waals surface area contributed by atoms with Gasteiger partial charge in [0.1, 0.15) is 0 Å². The maximum atomic E-state index is 13.1. The van der Waals surface area contributed by atoms with E-state index in [4.69, 9.17) is 0 Å². The summed E-state index contributed by atoms with van der Waals surface area (Å²) in [6.45, 7) is 0. The summed E-state index contributed by atoms with van der Waals surface area (Å²) >= 11 is 1.80. The Kier molecular flexibility index (Phi) is 2.43. The van der Waals surface area contributed by atoms with Crippen molar-refractivity contribution >= 4 is 63.8 Å². The normalized spacial score (nSPS) is 12.2. The second kappa shape index (κ2) is 4.56. The monoisotopic (exact) mass is 336 g/mol. The van der Waals surface area contributed by atoms with E-state index in [1.165, 1.54) is 30.9 Å². The van der Waals surface area contributed by atoms with Gasteiger partial charge in [-0.1, -0.05) is 54.6 Å². The highest BCUT2D eigenvalue weighted by molar-refractivity contribution is 7.25. The molecule has 1 aromatic heterocycles. The van der Waals surface area contributed by atoms with Crippen molar-refractivity contribution in [2.24, 2.45) is 0 Å². The lowest BCUT2D eigenvalue weighted by Crippen LogP contribution is -2.03. The number of hydrogen-bond acceptors (Lipinski definition) is 2. The first-order valence-electron chi connectivity index (χ1n) is 8.34. The van der Waals surface area contributed by atoms with Crippen molar-refractivity contribution < 1.29 is 0 Å². The Labute approximate surface area is 147 Å². The van der Waals surface area contributed by atoms with Crippen molar-refractivity contribution in [1.29, 1.82) is 0 Å². The van der Waals surface area contributed by atoms with Crippen LogP contribution in [0.3, 0.4) is 0 Å². The first kappa shape index (κ1) is 13.3. The molecule has 0 aliphatic carbocycles. The summed E-state index contributed by atoms with van der Waals surface area (Å²) in [4.78, 5) is 13.1. The molecule has 116 valence electrons. The Bertz CT molecular complexity index is 1510. The summed E-state index contributed by atoms with van der Waals surface area (Å²) in [5.41, 5.74) is 0.135. The zero-order chi connectivity index (χ0) is 16.5. The summed E-state index contributed by atoms with van der Waals surface area (Å²) in [5.74, 6) is 0. The summed E-state index contributed by atoms with van der Waals surface area (Å²) in [6.07, 6.45) is 0. The molecule has 1 nitrogen and oxygen atoms in total. The SMILES string of the molecule is O=c1c2ccccc2c2ccc3sc4ccccc4c4ccc1c2c34. The molecule has 2 heteroatoms. The van der Waals surface area contributed by atoms with Gasteiger partial charge in [0.15, 0.2) is 5.43 Å². The average molecular weight is 336 g/mol. The van der Waals surface area contributed by atoms with Gasteiger partial charge in [0, 0.05) is 30.9 Å². The van der Waals surface area contributed by atoms with E-state index in [-0.39, 0.29) is 5.43 Å². The van der Waals surface area contributed by atoms with Gasteiger partial charge in [-0.25, -0.2) is 0 Å². The van der Waals surface area contributed by atoms with Crippen LogP contribution in [0, 0.1) is 0 Å². The molecule has 0 saturated heterocycles. The largest absolute Gasteiger partial charge is 0.289 e. The fourth-order valence-corrected chi connectivity index (χ4v) is 5.27. The second-order valence-electron chi connectivity index (χ2n) is 6.49. The van der Waals surface area contributed by atoms with E-state index >= 15 is 0 Å². The molecular weight excluding hydrogens is 324 g/mol. The van der Waals surface area contributed by atoms with Gasteiger partial charge >= 0.3 is 0 Å². The smallest absolute Gasteiger partial charge is 0.194 e. The number of benzene rings is 5. The Hall–Kier alpha value is -2.97. The van der Waals surface area contributed by atoms with Crippen molar-refractivity contribution in [3.8, 4) is 0 Å². The molecule has 0 bridgehead atoms. The van der Waals surface area contributed by atoms with Gasteiger partial charge in [-0.2, -0.15) is 0 Å². The lowest BCUT2D eigenvalue weighted by atomic mass is 9.92. The second-order valence-corrected chi connectivity index (χ2v) is 7.58. The fourth-order valence-electron chi connectivity index (χ4n) is 4.14. The quantitative estimate of drug-likeness (QED) is 0.234. The van der Waals surface area contributed by atoms with E-state index in [1.807, 2.05) is 24.3 Å². The third kappa shape index (κ3) is 1.60. The summed E-state index contributed by atoms with van der Waals surface area (Å²) in [6, 6.07) is 25.0. The molecule has 0 spiro atoms. The highest BCUT2D eigenvalue weighted by Gasteiger charge is 2.15. The predicted molar refractivity (Wildman–Crippen MR) is 109 cm³/mol. The standard InChI is InChI=1S/C23H12OS/c24-23-17-7-2-1-5-13(17)15-11-12-20-22-16(9-10-18(23)21(15)22)14-6-3-4-8-19(14)25-20/h1-12H. The van der Waals surface area contributed by atoms with Crippen molar-refractivity contribution in [3.05, 3.63) is 83.0 Å². The van der Waals surface area contributed by atoms with Crippen LogP contribution >= 0.6 is 11.3 Å². The molecule has 0 unspecified atom stereocenters. The molecule has 0 atom stereocenters. The summed E-state index contributed by atoms with van der Waals surface area (Å²) in [7, 11) is 0. The topological polar surface area (TPSA) is 17.1 Å². The van der Waals surface area contributed by atoms with Crippen LogP contribution in [-0.4, -0.2) is 0 Å². The molecule has 0 saturated carbocycles. The summed E-state index contributed by atoms with van der Waals surface area (Å²) < 4.78 is 2.52. The third-order valence-electron chi connectivity index (χ3n) is 5.23. The number of hydrogen-bond donors (Lipinski definition) is 0. The van der Waals surface area contributed by atoms with Crippen LogP contribution in [-0.2, 0) is 0 Å². The zero-order valence-corrected chi connectivity index (χ0v) is 14.1. The van der Waals surface area contributed by atoms with Crippen LogP contribution in [0.5, 0.6) is 0 Å². The molecule has 6 aromatic rings. The van der Waals surface area contributed by atoms with Gasteiger partial charge < -0.3 is 0 Å². The van der Waals surface area contributed by atoms with E-state index in [0.29, 0.717) is 0 Å². The number of fused-ring (bicyclic) bond motifs is 4. The highest BCUT2D eigenvalue weighted by Crippen LogP contribution is 2.41. The van der Waals surface area contributed by atoms with Crippen LogP contribution in [0.1, 0.15) is 0 Å². The summed E-state index contributed by atoms with van der Waals surface area (Å²) in [5, 5.41) is 8.68. The van der Waals surface area contributed by atoms with E-state index in [1.54, 1.807) is 11.3 Å². The van der Waals surface area contributed by atoms with Crippen molar-refractivity contribution in [2.75, 3.05) is 0 Å². The minimum atomic E-state index is 0.135. The van der Waals surface area contributed by atoms with Crippen LogP contribution in [0.4, 0.5) is 0 Å². The maximum Gasteiger partial charge on any atom is 0.194 e. The minimum absolute atomic E-state index is 0.135. The van der Waals surface area contributed by atoms with Gasteiger partial charge in [-0.15, -0.1) is 11.3 Å². The highest BCUT2D eigenvalue weighted by atomic mass is 32.1. The van der Waals surface area contributed by atoms with Gasteiger partial charge in [0.2, 0.25) is 0 Å². The third-order valence-corrected chi connectivity index (χ3v) is 6.36. The van der Waals surface area contributed by atoms with E-state index in [9.17, 15) is 4.79 Å². The predicted octanol–water partition coefficient (Wildman–Crippen LogP) is 6.31. The average Bonchev–Trinajstić information content (AvgIpc) is 2.67. The van der Waals surface area contributed by atoms with E-state index in [2.05, 4.69) is 48.5 Å². The lowest BCUT2D eigenvalue weighted by molar-refractivity contribution is 1.74. The lowest BCUT2D eigenvalue weighted by Gasteiger charge is -2.13. The zero-order valence-electron chi connectivity index (χ0n) is 13.2. The Morgan fingerprint density at radius 1 is 0.480 bits per heavy atom. The van der Waals surface area contributed by atoms with Gasteiger partial charge in [-0.3, -0.25) is 4.79 Å². The van der Waals surface area contributed by atoms with E-state index in [0.717, 1.165) is 21.5 Å². The molecule has 0 aliphatic heterocycles. The first-order valence-corrected chi connectivity index (χ1v) is 9.15. The molecular formula is C23H12OS. The molecule has 0 aliphatic rings. The fraction of sp³-hybridized carbons (Fsp3) is 0. The Morgan fingerprint density at radius 3 is 2.00 bits per heavy atom. The Balaban J connectivity index is 2.04. The van der Waals surface area contributed by atoms with Gasteiger partial charge in [-0.05, 0) is 39.7 Å². The van der Waals surface area contributed by atoms with Crippen LogP contribution in [0.15, 0.2) is 77.6 Å². The molecule has 6 rings (SSSR count). The van der Waals surface area contributed by atoms with Crippen molar-refractivity contribution in [1.82, 2.24) is 0 Å². The Morgan fingerprint density at radius 2 is 1.12 bits per heavy atom. The molecule has 0 N–H and O–H groups in total. The van der Waals surface area contributed by atoms with Crippen LogP contribution in [0.2, 0.25) is 0 Å². The maximum absolute atomic E-state index is 13.1. The minimum Gasteiger partial charge on any atom is -0.289 e. The van der Waals surface area contributed by atoms with E-state index < -0.39 is 0 Å². The molecule has 5 aromatic carbocycles. The molecule has 25 heavy (non-hydrogen) atoms. The van der Waals surface area contributed by atoms with Crippen molar-refractivity contribution in [3.63, 3.8) is 0 Å². The van der Waals surface area contributed by atoms with Crippen LogP contribution < -0.4 is 5.43 Å². The first-order chi connectivity index (χ1) is 12.3.